The molecule has 1 atom stereocenters. The van der Waals surface area contributed by atoms with Gasteiger partial charge in [0.2, 0.25) is 0 Å². The summed E-state index contributed by atoms with van der Waals surface area (Å²) in [6, 6.07) is 10.3. The van der Waals surface area contributed by atoms with Crippen LogP contribution < -0.4 is 0 Å². The van der Waals surface area contributed by atoms with Crippen LogP contribution in [0, 0.1) is 20.8 Å². The lowest BCUT2D eigenvalue weighted by Gasteiger charge is -2.17. The molecule has 2 aromatic heterocycles. The van der Waals surface area contributed by atoms with E-state index < -0.39 is 0 Å². The summed E-state index contributed by atoms with van der Waals surface area (Å²) in [4.78, 5) is 12.9. The number of ether oxygens (including phenoxy) is 1. The zero-order chi connectivity index (χ0) is 21.1. The van der Waals surface area contributed by atoms with Crippen molar-refractivity contribution in [1.29, 1.82) is 0 Å². The van der Waals surface area contributed by atoms with Gasteiger partial charge in [0.1, 0.15) is 0 Å². The lowest BCUT2D eigenvalue weighted by atomic mass is 10.1. The van der Waals surface area contributed by atoms with Crippen molar-refractivity contribution in [3.8, 4) is 11.4 Å². The van der Waals surface area contributed by atoms with E-state index in [4.69, 9.17) is 4.74 Å². The number of thioether (sulfide) groups is 1. The highest BCUT2D eigenvalue weighted by Crippen LogP contribution is 2.27. The van der Waals surface area contributed by atoms with E-state index in [0.717, 1.165) is 39.1 Å². The first-order chi connectivity index (χ1) is 13.8. The summed E-state index contributed by atoms with van der Waals surface area (Å²) in [6.45, 7) is 8.79. The molecule has 154 valence electrons. The summed E-state index contributed by atoms with van der Waals surface area (Å²) in [5.74, 6) is 1.23. The number of methoxy groups -OCH3 is 1. The third-order valence-electron chi connectivity index (χ3n) is 5.19. The molecule has 0 spiro atoms. The number of Topliss-reactive ketones (excluding diaryl/α,β-unsaturated/α-hetero) is 1. The number of rotatable bonds is 8. The Balaban J connectivity index is 1.76. The summed E-state index contributed by atoms with van der Waals surface area (Å²) >= 11 is 1.42. The highest BCUT2D eigenvalue weighted by molar-refractivity contribution is 7.99. The summed E-state index contributed by atoms with van der Waals surface area (Å²) in [5, 5.41) is 9.37. The minimum Gasteiger partial charge on any atom is -0.383 e. The van der Waals surface area contributed by atoms with Gasteiger partial charge >= 0.3 is 0 Å². The van der Waals surface area contributed by atoms with Gasteiger partial charge in [-0.25, -0.2) is 0 Å². The largest absolute Gasteiger partial charge is 0.383 e. The van der Waals surface area contributed by atoms with Gasteiger partial charge in [-0.15, -0.1) is 10.2 Å². The fourth-order valence-corrected chi connectivity index (χ4v) is 4.55. The van der Waals surface area contributed by atoms with E-state index in [1.807, 2.05) is 49.7 Å². The van der Waals surface area contributed by atoms with Crippen LogP contribution >= 0.6 is 11.8 Å². The Labute approximate surface area is 176 Å². The molecule has 0 saturated heterocycles. The topological polar surface area (TPSA) is 61.9 Å². The van der Waals surface area contributed by atoms with Gasteiger partial charge in [-0.05, 0) is 39.3 Å². The van der Waals surface area contributed by atoms with Crippen molar-refractivity contribution in [3.63, 3.8) is 0 Å². The van der Waals surface area contributed by atoms with Crippen molar-refractivity contribution in [3.05, 3.63) is 52.8 Å². The number of carbonyl (C=O) groups is 1. The van der Waals surface area contributed by atoms with Gasteiger partial charge < -0.3 is 13.9 Å². The van der Waals surface area contributed by atoms with Crippen LogP contribution in [0.15, 0.2) is 35.5 Å². The molecule has 3 rings (SSSR count). The van der Waals surface area contributed by atoms with Gasteiger partial charge in [0.25, 0.3) is 0 Å². The van der Waals surface area contributed by atoms with Crippen molar-refractivity contribution >= 4 is 17.5 Å². The van der Waals surface area contributed by atoms with E-state index in [2.05, 4.69) is 34.7 Å². The van der Waals surface area contributed by atoms with Crippen LogP contribution in [-0.2, 0) is 11.8 Å². The van der Waals surface area contributed by atoms with Crippen LogP contribution in [0.4, 0.5) is 0 Å². The molecular formula is C22H28N4O2S. The molecule has 6 nitrogen and oxygen atoms in total. The first kappa shape index (κ1) is 21.3. The Morgan fingerprint density at radius 1 is 1.21 bits per heavy atom. The number of hydrogen-bond acceptors (Lipinski definition) is 5. The maximum atomic E-state index is 12.9. The minimum atomic E-state index is 0.0967. The van der Waals surface area contributed by atoms with E-state index in [1.54, 1.807) is 7.11 Å². The van der Waals surface area contributed by atoms with Crippen molar-refractivity contribution in [1.82, 2.24) is 19.3 Å². The van der Waals surface area contributed by atoms with Crippen LogP contribution in [0.3, 0.4) is 0 Å². The predicted octanol–water partition coefficient (Wildman–Crippen LogP) is 4.39. The molecule has 0 fully saturated rings. The van der Waals surface area contributed by atoms with Crippen LogP contribution in [0.5, 0.6) is 0 Å². The van der Waals surface area contributed by atoms with Crippen LogP contribution in [0.1, 0.15) is 40.3 Å². The molecule has 0 aliphatic rings. The van der Waals surface area contributed by atoms with Crippen molar-refractivity contribution in [2.24, 2.45) is 7.05 Å². The Kier molecular flexibility index (Phi) is 6.59. The normalized spacial score (nSPS) is 12.3. The third kappa shape index (κ3) is 4.31. The number of aryl methyl sites for hydroxylation is 2. The summed E-state index contributed by atoms with van der Waals surface area (Å²) in [6.07, 6.45) is 0. The fraction of sp³-hybridized carbons (Fsp3) is 0.409. The van der Waals surface area contributed by atoms with E-state index >= 15 is 0 Å². The molecule has 2 heterocycles. The number of benzene rings is 1. The number of ketones is 1. The number of nitrogens with zero attached hydrogens (tertiary/aromatic N) is 4. The highest BCUT2D eigenvalue weighted by atomic mass is 32.2. The van der Waals surface area contributed by atoms with E-state index in [1.165, 1.54) is 11.8 Å². The lowest BCUT2D eigenvalue weighted by molar-refractivity contribution is 0.102. The van der Waals surface area contributed by atoms with Gasteiger partial charge in [-0.2, -0.15) is 0 Å². The van der Waals surface area contributed by atoms with Crippen LogP contribution in [0.2, 0.25) is 0 Å². The molecule has 29 heavy (non-hydrogen) atoms. The number of hydrogen-bond donors (Lipinski definition) is 0. The van der Waals surface area contributed by atoms with Gasteiger partial charge in [0.15, 0.2) is 16.8 Å². The fourth-order valence-electron chi connectivity index (χ4n) is 3.76. The molecule has 1 aromatic carbocycles. The second-order valence-corrected chi connectivity index (χ2v) is 8.29. The minimum absolute atomic E-state index is 0.0967. The first-order valence-electron chi connectivity index (χ1n) is 9.63. The van der Waals surface area contributed by atoms with E-state index in [-0.39, 0.29) is 11.8 Å². The monoisotopic (exact) mass is 412 g/mol. The molecule has 7 heteroatoms. The van der Waals surface area contributed by atoms with E-state index in [0.29, 0.717) is 12.4 Å². The van der Waals surface area contributed by atoms with Gasteiger partial charge in [0, 0.05) is 36.7 Å². The summed E-state index contributed by atoms with van der Waals surface area (Å²) in [5.41, 5.74) is 5.01. The second-order valence-electron chi connectivity index (χ2n) is 7.35. The zero-order valence-electron chi connectivity index (χ0n) is 17.9. The standard InChI is InChI=1S/C22H28N4O2S/c1-14-9-7-8-10-18(14)21-23-24-22(25(21)5)29-13-20(27)19-11-15(2)26(17(19)4)16(3)12-28-6/h7-11,16H,12-13H2,1-6H3/t16-/m0/s1. The average Bonchev–Trinajstić information content (AvgIpc) is 3.19. The lowest BCUT2D eigenvalue weighted by Crippen LogP contribution is -2.14. The Morgan fingerprint density at radius 2 is 1.93 bits per heavy atom. The van der Waals surface area contributed by atoms with Crippen molar-refractivity contribution < 1.29 is 9.53 Å². The van der Waals surface area contributed by atoms with Crippen LogP contribution in [-0.4, -0.2) is 44.6 Å². The average molecular weight is 413 g/mol. The Morgan fingerprint density at radius 3 is 2.62 bits per heavy atom. The van der Waals surface area contributed by atoms with Crippen molar-refractivity contribution in [2.45, 2.75) is 38.9 Å². The van der Waals surface area contributed by atoms with Gasteiger partial charge in [-0.3, -0.25) is 4.79 Å². The third-order valence-corrected chi connectivity index (χ3v) is 6.21. The first-order valence-corrected chi connectivity index (χ1v) is 10.6. The molecular weight excluding hydrogens is 384 g/mol. The number of carbonyl (C=O) groups excluding carboxylic acids is 1. The molecule has 0 amide bonds. The highest BCUT2D eigenvalue weighted by Gasteiger charge is 2.20. The predicted molar refractivity (Wildman–Crippen MR) is 117 cm³/mol. The molecule has 0 bridgehead atoms. The Hall–Kier alpha value is -2.38. The molecule has 0 saturated carbocycles. The molecule has 0 unspecified atom stereocenters. The zero-order valence-corrected chi connectivity index (χ0v) is 18.7. The summed E-state index contributed by atoms with van der Waals surface area (Å²) in [7, 11) is 3.63. The van der Waals surface area contributed by atoms with Crippen molar-refractivity contribution in [2.75, 3.05) is 19.5 Å². The number of aromatic nitrogens is 4. The molecule has 3 aromatic rings. The van der Waals surface area contributed by atoms with Gasteiger partial charge in [0.05, 0.1) is 18.4 Å². The maximum absolute atomic E-state index is 12.9. The molecule has 0 aliphatic carbocycles. The van der Waals surface area contributed by atoms with Crippen LogP contribution in [0.25, 0.3) is 11.4 Å². The second kappa shape index (κ2) is 8.97. The Bertz CT molecular complexity index is 1020. The molecule has 0 radical (unpaired) electrons. The van der Waals surface area contributed by atoms with Gasteiger partial charge in [-0.1, -0.05) is 36.0 Å². The smallest absolute Gasteiger partial charge is 0.191 e. The SMILES string of the molecule is COC[C@H](C)n1c(C)cc(C(=O)CSc2nnc(-c3ccccc3C)n2C)c1C. The quantitative estimate of drug-likeness (QED) is 0.406. The maximum Gasteiger partial charge on any atom is 0.191 e. The van der Waals surface area contributed by atoms with E-state index in [9.17, 15) is 4.79 Å². The molecule has 0 aliphatic heterocycles. The molecule has 0 N–H and O–H groups in total. The summed E-state index contributed by atoms with van der Waals surface area (Å²) < 4.78 is 9.39.